The highest BCUT2D eigenvalue weighted by Gasteiger charge is 2.35. The monoisotopic (exact) mass is 260 g/mol. The highest BCUT2D eigenvalue weighted by atomic mass is 32.1. The molecule has 1 unspecified atom stereocenters. The third kappa shape index (κ3) is 1.89. The molecule has 1 atom stereocenters. The molecule has 4 N–H and O–H groups in total. The van der Waals surface area contributed by atoms with Gasteiger partial charge in [-0.1, -0.05) is 6.07 Å². The van der Waals surface area contributed by atoms with E-state index < -0.39 is 0 Å². The van der Waals surface area contributed by atoms with Crippen molar-refractivity contribution in [3.05, 3.63) is 40.2 Å². The van der Waals surface area contributed by atoms with Gasteiger partial charge in [0.2, 0.25) is 0 Å². The Morgan fingerprint density at radius 3 is 2.94 bits per heavy atom. The first-order chi connectivity index (χ1) is 8.57. The maximum Gasteiger partial charge on any atom is 0.180 e. The van der Waals surface area contributed by atoms with Gasteiger partial charge < -0.3 is 11.5 Å². The number of aryl methyl sites for hydroxylation is 2. The fourth-order valence-corrected chi connectivity index (χ4v) is 3.50. The predicted octanol–water partition coefficient (Wildman–Crippen LogP) is 1.77. The number of pyridine rings is 1. The molecular weight excluding hydrogens is 244 g/mol. The Morgan fingerprint density at radius 2 is 2.17 bits per heavy atom. The van der Waals surface area contributed by atoms with E-state index in [-0.39, 0.29) is 5.54 Å². The number of hydrogen-bond donors (Lipinski definition) is 2. The first kappa shape index (κ1) is 11.6. The van der Waals surface area contributed by atoms with Gasteiger partial charge in [-0.2, -0.15) is 0 Å². The van der Waals surface area contributed by atoms with Gasteiger partial charge in [0, 0.05) is 17.0 Å². The van der Waals surface area contributed by atoms with Crippen LogP contribution < -0.4 is 11.5 Å². The van der Waals surface area contributed by atoms with Crippen molar-refractivity contribution >= 4 is 16.5 Å². The number of fused-ring (bicyclic) bond motifs is 1. The van der Waals surface area contributed by atoms with Gasteiger partial charge in [-0.3, -0.25) is 4.98 Å². The summed E-state index contributed by atoms with van der Waals surface area (Å²) in [4.78, 5) is 10.1. The molecule has 94 valence electrons. The zero-order valence-corrected chi connectivity index (χ0v) is 11.1. The number of thiazole rings is 1. The minimum absolute atomic E-state index is 0.377. The van der Waals surface area contributed by atoms with Gasteiger partial charge in [0.15, 0.2) is 5.13 Å². The number of anilines is 1. The van der Waals surface area contributed by atoms with E-state index in [0.717, 1.165) is 36.3 Å². The van der Waals surface area contributed by atoms with Crippen LogP contribution in [-0.4, -0.2) is 9.97 Å². The van der Waals surface area contributed by atoms with Crippen LogP contribution in [0.25, 0.3) is 0 Å². The molecule has 0 amide bonds. The minimum Gasteiger partial charge on any atom is -0.375 e. The van der Waals surface area contributed by atoms with Crippen LogP contribution in [0.5, 0.6) is 0 Å². The second-order valence-corrected chi connectivity index (χ2v) is 6.03. The first-order valence-electron chi connectivity index (χ1n) is 6.04. The second kappa shape index (κ2) is 4.03. The fourth-order valence-electron chi connectivity index (χ4n) is 2.49. The lowest BCUT2D eigenvalue weighted by Crippen LogP contribution is -2.42. The molecule has 3 rings (SSSR count). The zero-order chi connectivity index (χ0) is 12.8. The van der Waals surface area contributed by atoms with E-state index >= 15 is 0 Å². The van der Waals surface area contributed by atoms with E-state index in [1.807, 2.05) is 25.1 Å². The molecule has 0 radical (unpaired) electrons. The third-order valence-corrected chi connectivity index (χ3v) is 4.40. The van der Waals surface area contributed by atoms with Crippen LogP contribution in [0, 0.1) is 6.92 Å². The molecule has 0 aromatic carbocycles. The van der Waals surface area contributed by atoms with Crippen LogP contribution in [0.1, 0.15) is 28.4 Å². The van der Waals surface area contributed by atoms with Crippen LogP contribution in [0.3, 0.4) is 0 Å². The molecule has 0 bridgehead atoms. The van der Waals surface area contributed by atoms with E-state index in [4.69, 9.17) is 11.5 Å². The normalized spacial score (nSPS) is 22.8. The summed E-state index contributed by atoms with van der Waals surface area (Å²) in [6, 6.07) is 6.02. The van der Waals surface area contributed by atoms with Gasteiger partial charge in [0.05, 0.1) is 16.9 Å². The number of aromatic nitrogens is 2. The van der Waals surface area contributed by atoms with Gasteiger partial charge in [0.25, 0.3) is 0 Å². The third-order valence-electron chi connectivity index (χ3n) is 3.48. The number of nitrogens with two attached hydrogens (primary N) is 2. The summed E-state index contributed by atoms with van der Waals surface area (Å²) in [6.07, 6.45) is 2.54. The van der Waals surface area contributed by atoms with Crippen LogP contribution >= 0.6 is 11.3 Å². The molecule has 1 aliphatic carbocycles. The largest absolute Gasteiger partial charge is 0.375 e. The van der Waals surface area contributed by atoms with Crippen molar-refractivity contribution in [3.8, 4) is 0 Å². The minimum atomic E-state index is -0.377. The van der Waals surface area contributed by atoms with Crippen molar-refractivity contribution in [1.29, 1.82) is 0 Å². The summed E-state index contributed by atoms with van der Waals surface area (Å²) in [5.41, 5.74) is 15.0. The molecule has 2 aromatic rings. The molecule has 2 heterocycles. The van der Waals surface area contributed by atoms with Crippen molar-refractivity contribution in [2.45, 2.75) is 31.7 Å². The molecule has 5 heteroatoms. The Labute approximate surface area is 110 Å². The molecule has 0 saturated heterocycles. The van der Waals surface area contributed by atoms with Gasteiger partial charge in [-0.15, -0.1) is 11.3 Å². The van der Waals surface area contributed by atoms with Gasteiger partial charge >= 0.3 is 0 Å². The summed E-state index contributed by atoms with van der Waals surface area (Å²) in [5, 5.41) is 0.640. The average Bonchev–Trinajstić information content (AvgIpc) is 2.68. The maximum atomic E-state index is 6.55. The zero-order valence-electron chi connectivity index (χ0n) is 10.3. The Morgan fingerprint density at radius 1 is 1.33 bits per heavy atom. The van der Waals surface area contributed by atoms with E-state index in [2.05, 4.69) is 9.97 Å². The number of hydrogen-bond acceptors (Lipinski definition) is 5. The number of rotatable bonds is 1. The summed E-state index contributed by atoms with van der Waals surface area (Å²) in [6.45, 7) is 1.99. The molecule has 2 aromatic heterocycles. The standard InChI is InChI=1S/C13H16N4S/c1-8-3-2-4-11(16-8)13(15)6-5-9-10(7-13)18-12(14)17-9/h2-4H,5-7,15H2,1H3,(H2,14,17). The van der Waals surface area contributed by atoms with Crippen molar-refractivity contribution in [3.63, 3.8) is 0 Å². The lowest BCUT2D eigenvalue weighted by molar-refractivity contribution is 0.375. The molecule has 4 nitrogen and oxygen atoms in total. The Bertz CT molecular complexity index is 592. The van der Waals surface area contributed by atoms with Crippen molar-refractivity contribution in [2.24, 2.45) is 5.73 Å². The first-order valence-corrected chi connectivity index (χ1v) is 6.85. The maximum absolute atomic E-state index is 6.55. The second-order valence-electron chi connectivity index (χ2n) is 4.92. The number of nitrogens with zero attached hydrogens (tertiary/aromatic N) is 2. The summed E-state index contributed by atoms with van der Waals surface area (Å²) >= 11 is 1.55. The highest BCUT2D eigenvalue weighted by Crippen LogP contribution is 2.36. The lowest BCUT2D eigenvalue weighted by atomic mass is 9.81. The molecular formula is C13H16N4S. The average molecular weight is 260 g/mol. The summed E-state index contributed by atoms with van der Waals surface area (Å²) < 4.78 is 0. The van der Waals surface area contributed by atoms with Crippen molar-refractivity contribution in [1.82, 2.24) is 9.97 Å². The van der Waals surface area contributed by atoms with Gasteiger partial charge in [-0.05, 0) is 31.9 Å². The summed E-state index contributed by atoms with van der Waals surface area (Å²) in [5.74, 6) is 0. The Balaban J connectivity index is 1.98. The van der Waals surface area contributed by atoms with E-state index in [9.17, 15) is 0 Å². The SMILES string of the molecule is Cc1cccc(C2(N)CCc3nc(N)sc3C2)n1. The van der Waals surface area contributed by atoms with Crippen molar-refractivity contribution < 1.29 is 0 Å². The van der Waals surface area contributed by atoms with Crippen LogP contribution in [0.2, 0.25) is 0 Å². The molecule has 0 fully saturated rings. The fraction of sp³-hybridized carbons (Fsp3) is 0.385. The quantitative estimate of drug-likeness (QED) is 0.819. The smallest absolute Gasteiger partial charge is 0.180 e. The van der Waals surface area contributed by atoms with E-state index in [1.165, 1.54) is 4.88 Å². The van der Waals surface area contributed by atoms with E-state index in [1.54, 1.807) is 11.3 Å². The molecule has 18 heavy (non-hydrogen) atoms. The van der Waals surface area contributed by atoms with Crippen molar-refractivity contribution in [2.75, 3.05) is 5.73 Å². The highest BCUT2D eigenvalue weighted by molar-refractivity contribution is 7.15. The van der Waals surface area contributed by atoms with Gasteiger partial charge in [-0.25, -0.2) is 4.98 Å². The molecule has 0 saturated carbocycles. The van der Waals surface area contributed by atoms with E-state index in [0.29, 0.717) is 5.13 Å². The van der Waals surface area contributed by atoms with Crippen LogP contribution in [0.15, 0.2) is 18.2 Å². The lowest BCUT2D eigenvalue weighted by Gasteiger charge is -2.32. The predicted molar refractivity (Wildman–Crippen MR) is 73.4 cm³/mol. The molecule has 0 aliphatic heterocycles. The molecule has 1 aliphatic rings. The Hall–Kier alpha value is -1.46. The Kier molecular flexibility index (Phi) is 2.60. The molecule has 0 spiro atoms. The van der Waals surface area contributed by atoms with Crippen LogP contribution in [-0.2, 0) is 18.4 Å². The van der Waals surface area contributed by atoms with Crippen LogP contribution in [0.4, 0.5) is 5.13 Å². The summed E-state index contributed by atoms with van der Waals surface area (Å²) in [7, 11) is 0. The number of nitrogen functional groups attached to an aromatic ring is 1. The van der Waals surface area contributed by atoms with Gasteiger partial charge in [0.1, 0.15) is 0 Å². The topological polar surface area (TPSA) is 77.8 Å².